The molecule has 6 rings (SSSR count). The molecule has 1 fully saturated rings. The lowest BCUT2D eigenvalue weighted by molar-refractivity contribution is 0.362. The predicted molar refractivity (Wildman–Crippen MR) is 140 cm³/mol. The number of rotatable bonds is 5. The first-order valence-electron chi connectivity index (χ1n) is 12.2. The van der Waals surface area contributed by atoms with E-state index in [9.17, 15) is 0 Å². The average molecular weight is 445 g/mol. The summed E-state index contributed by atoms with van der Waals surface area (Å²) < 4.78 is 2.52. The minimum atomic E-state index is 0.434. The van der Waals surface area contributed by atoms with E-state index in [1.54, 1.807) is 6.33 Å². The van der Waals surface area contributed by atoms with Crippen molar-refractivity contribution in [3.63, 3.8) is 0 Å². The SMILES string of the molecule is c1ccc(Nc2ncnc3c2c(-c2ccccc2)c(-c2ccccc2)n3C2CCCCC2)cc1. The van der Waals surface area contributed by atoms with Gasteiger partial charge in [-0.25, -0.2) is 9.97 Å². The standard InChI is InChI=1S/C30H28N4/c1-5-13-22(14-6-1)26-27-29(33-24-17-9-3-10-18-24)31-21-32-30(27)34(25-19-11-4-12-20-25)28(26)23-15-7-2-8-16-23/h1-3,5-10,13-18,21,25H,4,11-12,19-20H2,(H,31,32,33). The molecule has 0 saturated heterocycles. The maximum Gasteiger partial charge on any atom is 0.146 e. The van der Waals surface area contributed by atoms with Crippen LogP contribution in [0.15, 0.2) is 97.3 Å². The number of aromatic nitrogens is 3. The van der Waals surface area contributed by atoms with Gasteiger partial charge < -0.3 is 9.88 Å². The second kappa shape index (κ2) is 9.14. The number of benzene rings is 3. The second-order valence-corrected chi connectivity index (χ2v) is 9.03. The van der Waals surface area contributed by atoms with Crippen LogP contribution in [0, 0.1) is 0 Å². The maximum absolute atomic E-state index is 4.90. The molecule has 0 amide bonds. The summed E-state index contributed by atoms with van der Waals surface area (Å²) in [4.78, 5) is 9.65. The molecule has 1 aliphatic rings. The Morgan fingerprint density at radius 3 is 1.97 bits per heavy atom. The normalized spacial score (nSPS) is 14.4. The topological polar surface area (TPSA) is 42.7 Å². The van der Waals surface area contributed by atoms with Crippen LogP contribution in [0.4, 0.5) is 11.5 Å². The Balaban J connectivity index is 1.69. The van der Waals surface area contributed by atoms with Crippen LogP contribution in [0.1, 0.15) is 38.1 Å². The van der Waals surface area contributed by atoms with E-state index in [1.165, 1.54) is 54.5 Å². The fourth-order valence-electron chi connectivity index (χ4n) is 5.35. The molecule has 1 aliphatic carbocycles. The summed E-state index contributed by atoms with van der Waals surface area (Å²) in [7, 11) is 0. The molecule has 0 unspecified atom stereocenters. The summed E-state index contributed by atoms with van der Waals surface area (Å²) >= 11 is 0. The van der Waals surface area contributed by atoms with Crippen molar-refractivity contribution >= 4 is 22.5 Å². The smallest absolute Gasteiger partial charge is 0.146 e. The summed E-state index contributed by atoms with van der Waals surface area (Å²) in [5.74, 6) is 0.849. The van der Waals surface area contributed by atoms with Gasteiger partial charge in [-0.15, -0.1) is 0 Å². The van der Waals surface area contributed by atoms with Crippen molar-refractivity contribution in [3.05, 3.63) is 97.3 Å². The molecule has 5 aromatic rings. The number of para-hydroxylation sites is 1. The minimum Gasteiger partial charge on any atom is -0.340 e. The molecule has 4 nitrogen and oxygen atoms in total. The fourth-order valence-corrected chi connectivity index (χ4v) is 5.35. The number of nitrogens with one attached hydrogen (secondary N) is 1. The summed E-state index contributed by atoms with van der Waals surface area (Å²) in [6.45, 7) is 0. The van der Waals surface area contributed by atoms with Gasteiger partial charge in [0, 0.05) is 17.3 Å². The van der Waals surface area contributed by atoms with Crippen LogP contribution in [-0.2, 0) is 0 Å². The summed E-state index contributed by atoms with van der Waals surface area (Å²) in [5, 5.41) is 4.67. The van der Waals surface area contributed by atoms with E-state index in [1.807, 2.05) is 18.2 Å². The Morgan fingerprint density at radius 2 is 1.29 bits per heavy atom. The highest BCUT2D eigenvalue weighted by atomic mass is 15.1. The quantitative estimate of drug-likeness (QED) is 0.298. The maximum atomic E-state index is 4.90. The molecule has 2 heterocycles. The molecule has 1 N–H and O–H groups in total. The largest absolute Gasteiger partial charge is 0.340 e. The molecule has 0 spiro atoms. The summed E-state index contributed by atoms with van der Waals surface area (Å²) in [5.41, 5.74) is 6.88. The van der Waals surface area contributed by atoms with Gasteiger partial charge in [-0.3, -0.25) is 0 Å². The van der Waals surface area contributed by atoms with Crippen LogP contribution < -0.4 is 5.32 Å². The third-order valence-corrected chi connectivity index (χ3v) is 6.87. The molecule has 34 heavy (non-hydrogen) atoms. The molecular weight excluding hydrogens is 416 g/mol. The van der Waals surface area contributed by atoms with Crippen LogP contribution in [0.5, 0.6) is 0 Å². The van der Waals surface area contributed by atoms with Gasteiger partial charge in [0.2, 0.25) is 0 Å². The molecule has 0 bridgehead atoms. The van der Waals surface area contributed by atoms with Gasteiger partial charge in [-0.2, -0.15) is 0 Å². The van der Waals surface area contributed by atoms with E-state index in [0.717, 1.165) is 22.5 Å². The van der Waals surface area contributed by atoms with E-state index in [0.29, 0.717) is 6.04 Å². The third-order valence-electron chi connectivity index (χ3n) is 6.87. The highest BCUT2D eigenvalue weighted by Crippen LogP contribution is 2.46. The monoisotopic (exact) mass is 444 g/mol. The number of fused-ring (bicyclic) bond motifs is 1. The van der Waals surface area contributed by atoms with Crippen molar-refractivity contribution in [3.8, 4) is 22.4 Å². The molecular formula is C30H28N4. The average Bonchev–Trinajstić information content (AvgIpc) is 3.27. The Kier molecular flexibility index (Phi) is 5.56. The van der Waals surface area contributed by atoms with Gasteiger partial charge in [-0.05, 0) is 36.1 Å². The molecule has 168 valence electrons. The number of anilines is 2. The van der Waals surface area contributed by atoms with Crippen molar-refractivity contribution in [1.82, 2.24) is 14.5 Å². The van der Waals surface area contributed by atoms with Gasteiger partial charge in [0.15, 0.2) is 0 Å². The van der Waals surface area contributed by atoms with Crippen molar-refractivity contribution in [2.24, 2.45) is 0 Å². The lowest BCUT2D eigenvalue weighted by Crippen LogP contribution is -2.14. The molecule has 3 aromatic carbocycles. The van der Waals surface area contributed by atoms with Crippen molar-refractivity contribution < 1.29 is 0 Å². The van der Waals surface area contributed by atoms with E-state index in [4.69, 9.17) is 9.97 Å². The molecule has 4 heteroatoms. The van der Waals surface area contributed by atoms with Crippen LogP contribution in [-0.4, -0.2) is 14.5 Å². The van der Waals surface area contributed by atoms with E-state index < -0.39 is 0 Å². The summed E-state index contributed by atoms with van der Waals surface area (Å²) in [6, 6.07) is 32.2. The van der Waals surface area contributed by atoms with Gasteiger partial charge in [0.1, 0.15) is 17.8 Å². The van der Waals surface area contributed by atoms with Crippen LogP contribution >= 0.6 is 0 Å². The van der Waals surface area contributed by atoms with E-state index in [2.05, 4.69) is 82.7 Å². The lowest BCUT2D eigenvalue weighted by atomic mass is 9.94. The third kappa shape index (κ3) is 3.75. The summed E-state index contributed by atoms with van der Waals surface area (Å²) in [6.07, 6.45) is 7.92. The Morgan fingerprint density at radius 1 is 0.676 bits per heavy atom. The number of hydrogen-bond acceptors (Lipinski definition) is 3. The number of hydrogen-bond donors (Lipinski definition) is 1. The zero-order valence-electron chi connectivity index (χ0n) is 19.2. The molecule has 0 aliphatic heterocycles. The zero-order valence-corrected chi connectivity index (χ0v) is 19.2. The zero-order chi connectivity index (χ0) is 22.7. The van der Waals surface area contributed by atoms with Crippen LogP contribution in [0.25, 0.3) is 33.4 Å². The molecule has 2 aromatic heterocycles. The van der Waals surface area contributed by atoms with Gasteiger partial charge in [0.05, 0.1) is 11.1 Å². The first-order valence-corrected chi connectivity index (χ1v) is 12.2. The van der Waals surface area contributed by atoms with Gasteiger partial charge in [0.25, 0.3) is 0 Å². The Hall–Kier alpha value is -3.92. The highest BCUT2D eigenvalue weighted by molar-refractivity contribution is 6.09. The van der Waals surface area contributed by atoms with Crippen LogP contribution in [0.2, 0.25) is 0 Å². The number of nitrogens with zero attached hydrogens (tertiary/aromatic N) is 3. The first kappa shape index (κ1) is 20.7. The minimum absolute atomic E-state index is 0.434. The first-order chi connectivity index (χ1) is 16.9. The second-order valence-electron chi connectivity index (χ2n) is 9.03. The fraction of sp³-hybridized carbons (Fsp3) is 0.200. The molecule has 0 atom stereocenters. The Labute approximate surface area is 200 Å². The van der Waals surface area contributed by atoms with E-state index in [-0.39, 0.29) is 0 Å². The van der Waals surface area contributed by atoms with Crippen LogP contribution in [0.3, 0.4) is 0 Å². The van der Waals surface area contributed by atoms with E-state index >= 15 is 0 Å². The van der Waals surface area contributed by atoms with Crippen molar-refractivity contribution in [2.45, 2.75) is 38.1 Å². The molecule has 1 saturated carbocycles. The van der Waals surface area contributed by atoms with Gasteiger partial charge >= 0.3 is 0 Å². The lowest BCUT2D eigenvalue weighted by Gasteiger charge is -2.26. The van der Waals surface area contributed by atoms with Gasteiger partial charge in [-0.1, -0.05) is 98.1 Å². The Bertz CT molecular complexity index is 1390. The highest BCUT2D eigenvalue weighted by Gasteiger charge is 2.28. The van der Waals surface area contributed by atoms with Crippen molar-refractivity contribution in [1.29, 1.82) is 0 Å². The van der Waals surface area contributed by atoms with Crippen molar-refractivity contribution in [2.75, 3.05) is 5.32 Å². The molecule has 0 radical (unpaired) electrons. The predicted octanol–water partition coefficient (Wildman–Crippen LogP) is 8.01.